The Morgan fingerprint density at radius 1 is 1.39 bits per heavy atom. The Hall–Kier alpha value is -1.99. The van der Waals surface area contributed by atoms with Gasteiger partial charge in [0.05, 0.1) is 0 Å². The van der Waals surface area contributed by atoms with Crippen molar-refractivity contribution in [2.24, 2.45) is 5.73 Å². The lowest BCUT2D eigenvalue weighted by Crippen LogP contribution is -2.41. The van der Waals surface area contributed by atoms with Crippen LogP contribution in [0.1, 0.15) is 26.2 Å². The van der Waals surface area contributed by atoms with Crippen molar-refractivity contribution in [2.45, 2.75) is 38.8 Å². The monoisotopic (exact) mass is 336 g/mol. The fourth-order valence-corrected chi connectivity index (χ4v) is 2.25. The first-order valence-corrected chi connectivity index (χ1v) is 8.03. The predicted octanol–water partition coefficient (Wildman–Crippen LogP) is 1.63. The maximum atomic E-state index is 12.0. The van der Waals surface area contributed by atoms with E-state index in [0.717, 1.165) is 24.8 Å². The molecule has 3 N–H and O–H groups in total. The van der Waals surface area contributed by atoms with Gasteiger partial charge in [-0.3, -0.25) is 4.79 Å². The van der Waals surface area contributed by atoms with Gasteiger partial charge in [-0.2, -0.15) is 4.80 Å². The molecule has 1 atom stereocenters. The Morgan fingerprint density at radius 3 is 2.78 bits per heavy atom. The molecule has 0 aliphatic rings. The maximum Gasteiger partial charge on any atom is 0.243 e. The number of halogens is 1. The number of nitrogens with one attached hydrogen (secondary N) is 1. The second kappa shape index (κ2) is 8.59. The molecule has 0 fully saturated rings. The third-order valence-electron chi connectivity index (χ3n) is 3.40. The summed E-state index contributed by atoms with van der Waals surface area (Å²) in [5, 5.41) is 15.6. The SMILES string of the molecule is CCCCC(CN)NC(=O)Cn1nnc(-c2ccc(Cl)cc2)n1. The molecule has 0 radical (unpaired) electrons. The third kappa shape index (κ3) is 5.30. The Labute approximate surface area is 140 Å². The van der Waals surface area contributed by atoms with Crippen LogP contribution in [-0.2, 0) is 11.3 Å². The Kier molecular flexibility index (Phi) is 6.49. The molecule has 23 heavy (non-hydrogen) atoms. The van der Waals surface area contributed by atoms with Gasteiger partial charge in [0.25, 0.3) is 0 Å². The van der Waals surface area contributed by atoms with E-state index in [-0.39, 0.29) is 18.5 Å². The molecule has 2 rings (SSSR count). The Balaban J connectivity index is 1.93. The largest absolute Gasteiger partial charge is 0.350 e. The molecule has 0 spiro atoms. The zero-order valence-corrected chi connectivity index (χ0v) is 13.8. The third-order valence-corrected chi connectivity index (χ3v) is 3.65. The van der Waals surface area contributed by atoms with Crippen LogP contribution >= 0.6 is 11.6 Å². The van der Waals surface area contributed by atoms with Crippen LogP contribution in [0.3, 0.4) is 0 Å². The number of benzene rings is 1. The first kappa shape index (κ1) is 17.4. The van der Waals surface area contributed by atoms with Gasteiger partial charge >= 0.3 is 0 Å². The van der Waals surface area contributed by atoms with E-state index in [0.29, 0.717) is 17.4 Å². The lowest BCUT2D eigenvalue weighted by atomic mass is 10.1. The van der Waals surface area contributed by atoms with Gasteiger partial charge in [0.15, 0.2) is 0 Å². The van der Waals surface area contributed by atoms with E-state index in [9.17, 15) is 4.79 Å². The minimum atomic E-state index is -0.170. The fraction of sp³-hybridized carbons (Fsp3) is 0.467. The minimum Gasteiger partial charge on any atom is -0.350 e. The zero-order valence-electron chi connectivity index (χ0n) is 13.1. The summed E-state index contributed by atoms with van der Waals surface area (Å²) in [5.74, 6) is 0.285. The highest BCUT2D eigenvalue weighted by atomic mass is 35.5. The van der Waals surface area contributed by atoms with Crippen LogP contribution in [0.5, 0.6) is 0 Å². The molecule has 1 heterocycles. The Morgan fingerprint density at radius 2 is 2.13 bits per heavy atom. The van der Waals surface area contributed by atoms with Crippen LogP contribution in [0.4, 0.5) is 0 Å². The van der Waals surface area contributed by atoms with Crippen molar-refractivity contribution in [3.05, 3.63) is 29.3 Å². The summed E-state index contributed by atoms with van der Waals surface area (Å²) in [6.45, 7) is 2.54. The predicted molar refractivity (Wildman–Crippen MR) is 88.8 cm³/mol. The molecule has 0 saturated carbocycles. The quantitative estimate of drug-likeness (QED) is 0.763. The summed E-state index contributed by atoms with van der Waals surface area (Å²) in [5.41, 5.74) is 6.47. The van der Waals surface area contributed by atoms with E-state index in [1.165, 1.54) is 4.80 Å². The number of carbonyl (C=O) groups excluding carboxylic acids is 1. The molecule has 0 bridgehead atoms. The molecule has 124 valence electrons. The number of amides is 1. The van der Waals surface area contributed by atoms with Crippen molar-refractivity contribution in [3.63, 3.8) is 0 Å². The van der Waals surface area contributed by atoms with Crippen LogP contribution < -0.4 is 11.1 Å². The number of unbranched alkanes of at least 4 members (excludes halogenated alkanes) is 1. The Bertz CT molecular complexity index is 627. The van der Waals surface area contributed by atoms with Crippen LogP contribution in [0, 0.1) is 0 Å². The zero-order chi connectivity index (χ0) is 16.7. The number of rotatable bonds is 8. The van der Waals surface area contributed by atoms with E-state index < -0.39 is 0 Å². The second-order valence-corrected chi connectivity index (χ2v) is 5.73. The number of hydrogen-bond acceptors (Lipinski definition) is 5. The first-order valence-electron chi connectivity index (χ1n) is 7.65. The van der Waals surface area contributed by atoms with Gasteiger partial charge < -0.3 is 11.1 Å². The summed E-state index contributed by atoms with van der Waals surface area (Å²) in [6.07, 6.45) is 2.98. The van der Waals surface area contributed by atoms with E-state index in [2.05, 4.69) is 27.7 Å². The summed E-state index contributed by atoms with van der Waals surface area (Å²) < 4.78 is 0. The van der Waals surface area contributed by atoms with Gasteiger partial charge in [-0.05, 0) is 35.9 Å². The van der Waals surface area contributed by atoms with Crippen molar-refractivity contribution in [1.82, 2.24) is 25.5 Å². The van der Waals surface area contributed by atoms with Crippen LogP contribution in [0.25, 0.3) is 11.4 Å². The van der Waals surface area contributed by atoms with Crippen molar-refractivity contribution in [3.8, 4) is 11.4 Å². The maximum absolute atomic E-state index is 12.0. The molecule has 0 saturated heterocycles. The van der Waals surface area contributed by atoms with Crippen molar-refractivity contribution < 1.29 is 4.79 Å². The van der Waals surface area contributed by atoms with Gasteiger partial charge in [0, 0.05) is 23.2 Å². The average Bonchev–Trinajstić information content (AvgIpc) is 3.00. The lowest BCUT2D eigenvalue weighted by molar-refractivity contribution is -0.122. The molecular weight excluding hydrogens is 316 g/mol. The number of carbonyl (C=O) groups is 1. The highest BCUT2D eigenvalue weighted by molar-refractivity contribution is 6.30. The van der Waals surface area contributed by atoms with E-state index in [1.807, 2.05) is 0 Å². The molecule has 0 aliphatic carbocycles. The summed E-state index contributed by atoms with van der Waals surface area (Å²) >= 11 is 5.85. The summed E-state index contributed by atoms with van der Waals surface area (Å²) in [6, 6.07) is 7.10. The van der Waals surface area contributed by atoms with Gasteiger partial charge in [0.1, 0.15) is 6.54 Å². The van der Waals surface area contributed by atoms with Gasteiger partial charge in [-0.15, -0.1) is 10.2 Å². The highest BCUT2D eigenvalue weighted by Crippen LogP contribution is 2.16. The van der Waals surface area contributed by atoms with E-state index in [1.54, 1.807) is 24.3 Å². The average molecular weight is 337 g/mol. The normalized spacial score (nSPS) is 12.1. The molecule has 8 heteroatoms. The lowest BCUT2D eigenvalue weighted by Gasteiger charge is -2.15. The number of aromatic nitrogens is 4. The number of hydrogen-bond donors (Lipinski definition) is 2. The fourth-order valence-electron chi connectivity index (χ4n) is 2.13. The molecule has 0 aliphatic heterocycles. The minimum absolute atomic E-state index is 0.0123. The van der Waals surface area contributed by atoms with Gasteiger partial charge in [-0.25, -0.2) is 0 Å². The van der Waals surface area contributed by atoms with E-state index in [4.69, 9.17) is 17.3 Å². The molecule has 2 aromatic rings. The summed E-state index contributed by atoms with van der Waals surface area (Å²) in [4.78, 5) is 13.3. The molecule has 1 amide bonds. The molecule has 1 aromatic carbocycles. The van der Waals surface area contributed by atoms with E-state index >= 15 is 0 Å². The van der Waals surface area contributed by atoms with Crippen molar-refractivity contribution >= 4 is 17.5 Å². The van der Waals surface area contributed by atoms with Crippen molar-refractivity contribution in [2.75, 3.05) is 6.54 Å². The number of tetrazole rings is 1. The number of nitrogens with zero attached hydrogens (tertiary/aromatic N) is 4. The van der Waals surface area contributed by atoms with Crippen LogP contribution in [-0.4, -0.2) is 38.7 Å². The van der Waals surface area contributed by atoms with Gasteiger partial charge in [0.2, 0.25) is 11.7 Å². The molecule has 1 aromatic heterocycles. The molecular formula is C15H21ClN6O. The second-order valence-electron chi connectivity index (χ2n) is 5.29. The van der Waals surface area contributed by atoms with Crippen LogP contribution in [0.15, 0.2) is 24.3 Å². The van der Waals surface area contributed by atoms with Crippen molar-refractivity contribution in [1.29, 1.82) is 0 Å². The highest BCUT2D eigenvalue weighted by Gasteiger charge is 2.13. The topological polar surface area (TPSA) is 98.7 Å². The molecule has 7 nitrogen and oxygen atoms in total. The van der Waals surface area contributed by atoms with Crippen LogP contribution in [0.2, 0.25) is 5.02 Å². The standard InChI is InChI=1S/C15H21ClN6O/c1-2-3-4-13(9-17)18-14(23)10-22-20-15(19-21-22)11-5-7-12(16)8-6-11/h5-8,13H,2-4,9-10,17H2,1H3,(H,18,23). The molecule has 1 unspecified atom stereocenters. The first-order chi connectivity index (χ1) is 11.1. The van der Waals surface area contributed by atoms with Gasteiger partial charge in [-0.1, -0.05) is 31.4 Å². The number of nitrogens with two attached hydrogens (primary N) is 1. The smallest absolute Gasteiger partial charge is 0.243 e. The summed E-state index contributed by atoms with van der Waals surface area (Å²) in [7, 11) is 0.